The Kier molecular flexibility index (Phi) is 5.13. The van der Waals surface area contributed by atoms with Gasteiger partial charge in [0.25, 0.3) is 0 Å². The average molecular weight is 387 g/mol. The molecule has 2 rings (SSSR count). The van der Waals surface area contributed by atoms with Crippen LogP contribution in [0, 0.1) is 5.82 Å². The summed E-state index contributed by atoms with van der Waals surface area (Å²) in [5.74, 6) is -0.241. The van der Waals surface area contributed by atoms with Crippen molar-refractivity contribution in [1.82, 2.24) is 5.32 Å². The van der Waals surface area contributed by atoms with Crippen LogP contribution in [0.4, 0.5) is 4.39 Å². The first kappa shape index (κ1) is 14.7. The maximum Gasteiger partial charge on any atom is 0.137 e. The van der Waals surface area contributed by atoms with Crippen molar-refractivity contribution in [2.24, 2.45) is 0 Å². The second kappa shape index (κ2) is 6.64. The molecule has 0 bridgehead atoms. The first-order chi connectivity index (χ1) is 9.11. The van der Waals surface area contributed by atoms with Crippen LogP contribution in [-0.4, -0.2) is 6.54 Å². The molecule has 2 aromatic rings. The van der Waals surface area contributed by atoms with Crippen molar-refractivity contribution in [3.8, 4) is 0 Å². The first-order valence-corrected chi connectivity index (χ1v) is 7.64. The molecule has 0 saturated carbocycles. The topological polar surface area (TPSA) is 12.0 Å². The maximum atomic E-state index is 13.3. The van der Waals surface area contributed by atoms with Gasteiger partial charge in [-0.3, -0.25) is 0 Å². The molecule has 0 aliphatic rings. The van der Waals surface area contributed by atoms with Crippen LogP contribution in [0.3, 0.4) is 0 Å². The van der Waals surface area contributed by atoms with Crippen LogP contribution in [0.2, 0.25) is 0 Å². The predicted molar refractivity (Wildman–Crippen MR) is 83.8 cm³/mol. The Bertz CT molecular complexity index is 555. The lowest BCUT2D eigenvalue weighted by atomic mass is 9.99. The summed E-state index contributed by atoms with van der Waals surface area (Å²) < 4.78 is 14.9. The fourth-order valence-electron chi connectivity index (χ4n) is 1.98. The van der Waals surface area contributed by atoms with Gasteiger partial charge in [0.2, 0.25) is 0 Å². The van der Waals surface area contributed by atoms with E-state index >= 15 is 0 Å². The SMILES string of the molecule is CCNC(c1ccc(Br)cc1)c1ccc(F)c(Br)c1. The van der Waals surface area contributed by atoms with Crippen molar-refractivity contribution in [3.63, 3.8) is 0 Å². The molecule has 0 heterocycles. The van der Waals surface area contributed by atoms with E-state index in [-0.39, 0.29) is 11.9 Å². The fraction of sp³-hybridized carbons (Fsp3) is 0.200. The van der Waals surface area contributed by atoms with Crippen LogP contribution in [0.1, 0.15) is 24.1 Å². The highest BCUT2D eigenvalue weighted by Gasteiger charge is 2.14. The number of halogens is 3. The van der Waals surface area contributed by atoms with Crippen molar-refractivity contribution in [3.05, 3.63) is 68.4 Å². The summed E-state index contributed by atoms with van der Waals surface area (Å²) in [7, 11) is 0. The van der Waals surface area contributed by atoms with E-state index in [0.29, 0.717) is 4.47 Å². The minimum absolute atomic E-state index is 0.0648. The van der Waals surface area contributed by atoms with Gasteiger partial charge < -0.3 is 5.32 Å². The predicted octanol–water partition coefficient (Wildman–Crippen LogP) is 5.05. The van der Waals surface area contributed by atoms with E-state index in [9.17, 15) is 4.39 Å². The van der Waals surface area contributed by atoms with Gasteiger partial charge in [-0.25, -0.2) is 4.39 Å². The molecule has 0 aliphatic heterocycles. The van der Waals surface area contributed by atoms with E-state index in [1.165, 1.54) is 6.07 Å². The summed E-state index contributed by atoms with van der Waals surface area (Å²) >= 11 is 6.67. The third-order valence-electron chi connectivity index (χ3n) is 2.89. The van der Waals surface area contributed by atoms with E-state index < -0.39 is 0 Å². The summed E-state index contributed by atoms with van der Waals surface area (Å²) in [6.45, 7) is 2.90. The molecule has 100 valence electrons. The molecule has 1 atom stereocenters. The van der Waals surface area contributed by atoms with Crippen LogP contribution in [-0.2, 0) is 0 Å². The van der Waals surface area contributed by atoms with Crippen LogP contribution >= 0.6 is 31.9 Å². The minimum Gasteiger partial charge on any atom is -0.307 e. The molecule has 19 heavy (non-hydrogen) atoms. The highest BCUT2D eigenvalue weighted by atomic mass is 79.9. The summed E-state index contributed by atoms with van der Waals surface area (Å²) in [5.41, 5.74) is 2.20. The summed E-state index contributed by atoms with van der Waals surface area (Å²) in [4.78, 5) is 0. The third-order valence-corrected chi connectivity index (χ3v) is 4.02. The number of rotatable bonds is 4. The van der Waals surface area contributed by atoms with Crippen LogP contribution in [0.5, 0.6) is 0 Å². The zero-order chi connectivity index (χ0) is 13.8. The van der Waals surface area contributed by atoms with Gasteiger partial charge in [0.05, 0.1) is 10.5 Å². The third kappa shape index (κ3) is 3.65. The minimum atomic E-state index is -0.241. The Morgan fingerprint density at radius 1 is 1.05 bits per heavy atom. The van der Waals surface area contributed by atoms with Crippen molar-refractivity contribution >= 4 is 31.9 Å². The van der Waals surface area contributed by atoms with E-state index in [4.69, 9.17) is 0 Å². The molecule has 0 saturated heterocycles. The zero-order valence-electron chi connectivity index (χ0n) is 10.5. The van der Waals surface area contributed by atoms with Crippen molar-refractivity contribution in [1.29, 1.82) is 0 Å². The molecule has 1 N–H and O–H groups in total. The van der Waals surface area contributed by atoms with Gasteiger partial charge in [-0.05, 0) is 57.9 Å². The largest absolute Gasteiger partial charge is 0.307 e. The molecule has 2 aromatic carbocycles. The molecule has 0 fully saturated rings. The average Bonchev–Trinajstić information content (AvgIpc) is 2.41. The highest BCUT2D eigenvalue weighted by Crippen LogP contribution is 2.27. The first-order valence-electron chi connectivity index (χ1n) is 6.05. The van der Waals surface area contributed by atoms with Gasteiger partial charge in [-0.15, -0.1) is 0 Å². The zero-order valence-corrected chi connectivity index (χ0v) is 13.6. The Hall–Kier alpha value is -0.710. The second-order valence-electron chi connectivity index (χ2n) is 4.22. The Morgan fingerprint density at radius 2 is 1.68 bits per heavy atom. The van der Waals surface area contributed by atoms with E-state index in [1.807, 2.05) is 24.3 Å². The number of benzene rings is 2. The lowest BCUT2D eigenvalue weighted by Crippen LogP contribution is -2.22. The molecular weight excluding hydrogens is 373 g/mol. The van der Waals surface area contributed by atoms with Gasteiger partial charge in [-0.2, -0.15) is 0 Å². The van der Waals surface area contributed by atoms with E-state index in [1.54, 1.807) is 0 Å². The van der Waals surface area contributed by atoms with Crippen molar-refractivity contribution < 1.29 is 4.39 Å². The Labute approximate surface area is 129 Å². The Balaban J connectivity index is 2.38. The van der Waals surface area contributed by atoms with Crippen LogP contribution in [0.25, 0.3) is 0 Å². The normalized spacial score (nSPS) is 12.4. The molecule has 0 aromatic heterocycles. The smallest absolute Gasteiger partial charge is 0.137 e. The van der Waals surface area contributed by atoms with E-state index in [2.05, 4.69) is 56.2 Å². The van der Waals surface area contributed by atoms with Crippen LogP contribution < -0.4 is 5.32 Å². The molecular formula is C15H14Br2FN. The lowest BCUT2D eigenvalue weighted by Gasteiger charge is -2.19. The molecule has 0 radical (unpaired) electrons. The monoisotopic (exact) mass is 385 g/mol. The van der Waals surface area contributed by atoms with Gasteiger partial charge in [0, 0.05) is 4.47 Å². The summed E-state index contributed by atoms with van der Waals surface area (Å²) in [6.07, 6.45) is 0. The van der Waals surface area contributed by atoms with Crippen LogP contribution in [0.15, 0.2) is 51.4 Å². The van der Waals surface area contributed by atoms with Crippen molar-refractivity contribution in [2.75, 3.05) is 6.54 Å². The highest BCUT2D eigenvalue weighted by molar-refractivity contribution is 9.10. The second-order valence-corrected chi connectivity index (χ2v) is 5.99. The number of nitrogens with one attached hydrogen (secondary N) is 1. The number of hydrogen-bond acceptors (Lipinski definition) is 1. The maximum absolute atomic E-state index is 13.3. The van der Waals surface area contributed by atoms with Gasteiger partial charge >= 0.3 is 0 Å². The number of hydrogen-bond donors (Lipinski definition) is 1. The summed E-state index contributed by atoms with van der Waals surface area (Å²) in [5, 5.41) is 3.42. The molecule has 0 aliphatic carbocycles. The fourth-order valence-corrected chi connectivity index (χ4v) is 2.64. The molecule has 1 nitrogen and oxygen atoms in total. The van der Waals surface area contributed by atoms with Gasteiger partial charge in [-0.1, -0.05) is 41.1 Å². The summed E-state index contributed by atoms with van der Waals surface area (Å²) in [6, 6.07) is 13.3. The molecule has 0 spiro atoms. The molecule has 4 heteroatoms. The quantitative estimate of drug-likeness (QED) is 0.775. The van der Waals surface area contributed by atoms with Gasteiger partial charge in [0.15, 0.2) is 0 Å². The molecule has 1 unspecified atom stereocenters. The van der Waals surface area contributed by atoms with E-state index in [0.717, 1.165) is 22.1 Å². The standard InChI is InChI=1S/C15H14Br2FN/c1-2-19-15(10-3-6-12(16)7-4-10)11-5-8-14(18)13(17)9-11/h3-9,15,19H,2H2,1H3. The van der Waals surface area contributed by atoms with Gasteiger partial charge in [0.1, 0.15) is 5.82 Å². The lowest BCUT2D eigenvalue weighted by molar-refractivity contribution is 0.608. The van der Waals surface area contributed by atoms with Crippen molar-refractivity contribution in [2.45, 2.75) is 13.0 Å². The molecule has 0 amide bonds. The Morgan fingerprint density at radius 3 is 2.26 bits per heavy atom.